The summed E-state index contributed by atoms with van der Waals surface area (Å²) in [6.45, 7) is 2.02. The average molecular weight is 373 g/mol. The van der Waals surface area contributed by atoms with E-state index in [0.717, 1.165) is 5.56 Å². The smallest absolute Gasteiger partial charge is 0.253 e. The normalized spacial score (nSPS) is 14.3. The maximum absolute atomic E-state index is 12.3. The Bertz CT molecular complexity index is 1040. The van der Waals surface area contributed by atoms with Gasteiger partial charge in [-0.1, -0.05) is 12.1 Å². The molecule has 3 aromatic rings. The first kappa shape index (κ1) is 17.7. The highest BCUT2D eigenvalue weighted by atomic mass is 16.3. The second-order valence-corrected chi connectivity index (χ2v) is 6.99. The van der Waals surface area contributed by atoms with Crippen LogP contribution in [-0.2, 0) is 0 Å². The third-order valence-corrected chi connectivity index (χ3v) is 4.98. The average Bonchev–Trinajstić information content (AvgIpc) is 3.51. The number of rotatable bonds is 5. The van der Waals surface area contributed by atoms with Crippen molar-refractivity contribution in [2.75, 3.05) is 0 Å². The molecule has 0 saturated heterocycles. The van der Waals surface area contributed by atoms with Gasteiger partial charge in [-0.3, -0.25) is 4.79 Å². The van der Waals surface area contributed by atoms with Gasteiger partial charge in [0.1, 0.15) is 0 Å². The highest BCUT2D eigenvalue weighted by Crippen LogP contribution is 2.32. The van der Waals surface area contributed by atoms with Gasteiger partial charge < -0.3 is 10.4 Å². The monoisotopic (exact) mass is 373 g/mol. The molecule has 140 valence electrons. The molecule has 1 aromatic carbocycles. The predicted octanol–water partition coefficient (Wildman–Crippen LogP) is 3.04. The Morgan fingerprint density at radius 1 is 1.25 bits per heavy atom. The molecule has 1 saturated carbocycles. The molecule has 0 spiro atoms. The van der Waals surface area contributed by atoms with Crippen LogP contribution in [0.4, 0.5) is 0 Å². The summed E-state index contributed by atoms with van der Waals surface area (Å²) in [4.78, 5) is 16.6. The number of amides is 1. The summed E-state index contributed by atoms with van der Waals surface area (Å²) >= 11 is 0. The first-order chi connectivity index (χ1) is 13.6. The molecule has 7 heteroatoms. The maximum atomic E-state index is 12.3. The molecule has 1 fully saturated rings. The number of nitrogens with one attached hydrogen (secondary N) is 1. The molecule has 1 aliphatic rings. The second-order valence-electron chi connectivity index (χ2n) is 6.99. The van der Waals surface area contributed by atoms with Crippen LogP contribution < -0.4 is 5.32 Å². The van der Waals surface area contributed by atoms with E-state index >= 15 is 0 Å². The van der Waals surface area contributed by atoms with Gasteiger partial charge >= 0.3 is 0 Å². The Kier molecular flexibility index (Phi) is 4.53. The number of pyridine rings is 1. The van der Waals surface area contributed by atoms with Crippen molar-refractivity contribution in [2.45, 2.75) is 25.8 Å². The molecule has 1 aliphatic carbocycles. The van der Waals surface area contributed by atoms with E-state index in [1.54, 1.807) is 36.4 Å². The van der Waals surface area contributed by atoms with Gasteiger partial charge in [0, 0.05) is 12.2 Å². The highest BCUT2D eigenvalue weighted by Gasteiger charge is 2.29. The number of benzene rings is 1. The zero-order valence-electron chi connectivity index (χ0n) is 15.3. The lowest BCUT2D eigenvalue weighted by Crippen LogP contribution is -2.34. The Hall–Kier alpha value is -3.66. The SMILES string of the molecule is C[C@@H](NC(=O)c1ccc(-n2ncc(-c3ccc(C#N)cc3)c2O)nc1)C1CC1. The minimum absolute atomic E-state index is 0.0586. The van der Waals surface area contributed by atoms with Crippen LogP contribution in [0.25, 0.3) is 16.9 Å². The van der Waals surface area contributed by atoms with Crippen molar-refractivity contribution in [3.05, 3.63) is 59.9 Å². The maximum Gasteiger partial charge on any atom is 0.253 e. The summed E-state index contributed by atoms with van der Waals surface area (Å²) in [5.41, 5.74) is 2.29. The van der Waals surface area contributed by atoms with Crippen molar-refractivity contribution in [1.82, 2.24) is 20.1 Å². The number of aromatic nitrogens is 3. The van der Waals surface area contributed by atoms with Crippen LogP contribution in [0, 0.1) is 17.2 Å². The Balaban J connectivity index is 1.53. The molecule has 2 aromatic heterocycles. The standard InChI is InChI=1S/C21H19N5O2/c1-13(15-6-7-15)25-20(27)17-8-9-19(23-11-17)26-21(28)18(12-24-26)16-4-2-14(10-22)3-5-16/h2-5,8-9,11-13,15,28H,6-7H2,1H3,(H,25,27)/t13-/m1/s1. The molecule has 2 heterocycles. The van der Waals surface area contributed by atoms with Gasteiger partial charge in [0.15, 0.2) is 5.82 Å². The van der Waals surface area contributed by atoms with Crippen LogP contribution in [0.2, 0.25) is 0 Å². The number of aromatic hydroxyl groups is 1. The fraction of sp³-hybridized carbons (Fsp3) is 0.238. The first-order valence-electron chi connectivity index (χ1n) is 9.11. The highest BCUT2D eigenvalue weighted by molar-refractivity contribution is 5.94. The fourth-order valence-electron chi connectivity index (χ4n) is 3.09. The van der Waals surface area contributed by atoms with Gasteiger partial charge in [0.25, 0.3) is 5.91 Å². The van der Waals surface area contributed by atoms with E-state index in [-0.39, 0.29) is 17.8 Å². The third kappa shape index (κ3) is 3.45. The molecule has 0 unspecified atom stereocenters. The van der Waals surface area contributed by atoms with Gasteiger partial charge in [0.2, 0.25) is 5.88 Å². The molecule has 28 heavy (non-hydrogen) atoms. The van der Waals surface area contributed by atoms with E-state index in [1.807, 2.05) is 6.92 Å². The number of hydrogen-bond acceptors (Lipinski definition) is 5. The summed E-state index contributed by atoms with van der Waals surface area (Å²) in [6.07, 6.45) is 5.35. The van der Waals surface area contributed by atoms with Crippen molar-refractivity contribution >= 4 is 5.91 Å². The summed E-state index contributed by atoms with van der Waals surface area (Å²) in [7, 11) is 0. The quantitative estimate of drug-likeness (QED) is 0.715. The molecule has 2 N–H and O–H groups in total. The Morgan fingerprint density at radius 3 is 2.61 bits per heavy atom. The summed E-state index contributed by atoms with van der Waals surface area (Å²) in [5, 5.41) is 26.6. The molecule has 0 radical (unpaired) electrons. The molecular formula is C21H19N5O2. The predicted molar refractivity (Wildman–Crippen MR) is 103 cm³/mol. The minimum atomic E-state index is -0.151. The van der Waals surface area contributed by atoms with Crippen LogP contribution in [0.5, 0.6) is 5.88 Å². The number of nitriles is 1. The molecule has 0 aliphatic heterocycles. The van der Waals surface area contributed by atoms with Crippen molar-refractivity contribution < 1.29 is 9.90 Å². The number of carbonyl (C=O) groups is 1. The van der Waals surface area contributed by atoms with E-state index < -0.39 is 0 Å². The fourth-order valence-corrected chi connectivity index (χ4v) is 3.09. The Morgan fingerprint density at radius 2 is 2.00 bits per heavy atom. The van der Waals surface area contributed by atoms with Gasteiger partial charge in [-0.15, -0.1) is 0 Å². The zero-order chi connectivity index (χ0) is 19.7. The molecule has 1 atom stereocenters. The van der Waals surface area contributed by atoms with Gasteiger partial charge in [0.05, 0.1) is 29.0 Å². The van der Waals surface area contributed by atoms with Gasteiger partial charge in [-0.05, 0) is 55.5 Å². The van der Waals surface area contributed by atoms with Crippen LogP contribution in [0.3, 0.4) is 0 Å². The topological polar surface area (TPSA) is 104 Å². The number of carbonyl (C=O) groups excluding carboxylic acids is 1. The minimum Gasteiger partial charge on any atom is -0.493 e. The molecule has 4 rings (SSSR count). The number of hydrogen-bond donors (Lipinski definition) is 2. The lowest BCUT2D eigenvalue weighted by Gasteiger charge is -2.12. The van der Waals surface area contributed by atoms with Crippen LogP contribution in [-0.4, -0.2) is 31.8 Å². The van der Waals surface area contributed by atoms with Crippen molar-refractivity contribution in [3.8, 4) is 28.9 Å². The summed E-state index contributed by atoms with van der Waals surface area (Å²) < 4.78 is 1.31. The van der Waals surface area contributed by atoms with E-state index in [0.29, 0.717) is 28.4 Å². The third-order valence-electron chi connectivity index (χ3n) is 4.98. The number of nitrogens with zero attached hydrogens (tertiary/aromatic N) is 4. The Labute approximate surface area is 162 Å². The molecule has 7 nitrogen and oxygen atoms in total. The van der Waals surface area contributed by atoms with Crippen molar-refractivity contribution in [2.24, 2.45) is 5.92 Å². The van der Waals surface area contributed by atoms with Crippen molar-refractivity contribution in [1.29, 1.82) is 5.26 Å². The van der Waals surface area contributed by atoms with E-state index in [1.165, 1.54) is 29.9 Å². The van der Waals surface area contributed by atoms with Crippen LogP contribution in [0.15, 0.2) is 48.8 Å². The summed E-state index contributed by atoms with van der Waals surface area (Å²) in [6, 6.07) is 12.4. The van der Waals surface area contributed by atoms with Gasteiger partial charge in [-0.2, -0.15) is 15.0 Å². The zero-order valence-corrected chi connectivity index (χ0v) is 15.3. The molecule has 1 amide bonds. The first-order valence-corrected chi connectivity index (χ1v) is 9.11. The lowest BCUT2D eigenvalue weighted by atomic mass is 10.1. The van der Waals surface area contributed by atoms with Crippen LogP contribution in [0.1, 0.15) is 35.7 Å². The van der Waals surface area contributed by atoms with Crippen molar-refractivity contribution in [3.63, 3.8) is 0 Å². The van der Waals surface area contributed by atoms with E-state index in [9.17, 15) is 9.90 Å². The van der Waals surface area contributed by atoms with Gasteiger partial charge in [-0.25, -0.2) is 4.98 Å². The molecule has 0 bridgehead atoms. The lowest BCUT2D eigenvalue weighted by molar-refractivity contribution is 0.0935. The second kappa shape index (κ2) is 7.16. The molecular weight excluding hydrogens is 354 g/mol. The van der Waals surface area contributed by atoms with Crippen LogP contribution >= 0.6 is 0 Å². The summed E-state index contributed by atoms with van der Waals surface area (Å²) in [5.74, 6) is 0.778. The van der Waals surface area contributed by atoms with E-state index in [2.05, 4.69) is 21.5 Å². The largest absolute Gasteiger partial charge is 0.493 e. The van der Waals surface area contributed by atoms with E-state index in [4.69, 9.17) is 5.26 Å².